The lowest BCUT2D eigenvalue weighted by atomic mass is 9.65. The Bertz CT molecular complexity index is 608. The minimum Gasteiger partial charge on any atom is -0.451 e. The highest BCUT2D eigenvalue weighted by atomic mass is 16.5. The maximum absolute atomic E-state index is 12.8. The SMILES string of the molecule is CCC(C)(C)C1CCC2(CC1)NC(=O)N(CC(=O)OC(C)C(N)=O)C2=O. The first-order valence-corrected chi connectivity index (χ1v) is 9.15. The number of hydrogen-bond donors (Lipinski definition) is 2. The van der Waals surface area contributed by atoms with Gasteiger partial charge in [-0.2, -0.15) is 0 Å². The molecule has 146 valence electrons. The summed E-state index contributed by atoms with van der Waals surface area (Å²) in [5, 5.41) is 2.78. The second-order valence-electron chi connectivity index (χ2n) is 8.05. The Hall–Kier alpha value is -2.12. The lowest BCUT2D eigenvalue weighted by Gasteiger charge is -2.42. The first-order valence-electron chi connectivity index (χ1n) is 9.15. The molecule has 1 spiro atoms. The zero-order chi connectivity index (χ0) is 19.7. The minimum absolute atomic E-state index is 0.196. The van der Waals surface area contributed by atoms with Crippen LogP contribution in [0.15, 0.2) is 0 Å². The number of hydrogen-bond acceptors (Lipinski definition) is 5. The third-order valence-corrected chi connectivity index (χ3v) is 6.10. The molecule has 8 nitrogen and oxygen atoms in total. The van der Waals surface area contributed by atoms with Crippen molar-refractivity contribution >= 4 is 23.8 Å². The van der Waals surface area contributed by atoms with E-state index in [1.54, 1.807) is 0 Å². The van der Waals surface area contributed by atoms with Crippen LogP contribution >= 0.6 is 0 Å². The van der Waals surface area contributed by atoms with Crippen LogP contribution < -0.4 is 11.1 Å². The third-order valence-electron chi connectivity index (χ3n) is 6.10. The molecule has 0 aromatic carbocycles. The molecule has 2 aliphatic rings. The number of carbonyl (C=O) groups excluding carboxylic acids is 4. The van der Waals surface area contributed by atoms with E-state index in [9.17, 15) is 19.2 Å². The number of amides is 4. The van der Waals surface area contributed by atoms with Gasteiger partial charge in [-0.25, -0.2) is 4.79 Å². The van der Waals surface area contributed by atoms with Crippen molar-refractivity contribution in [2.24, 2.45) is 17.1 Å². The largest absolute Gasteiger partial charge is 0.451 e. The monoisotopic (exact) mass is 367 g/mol. The number of carbonyl (C=O) groups is 4. The summed E-state index contributed by atoms with van der Waals surface area (Å²) in [6.45, 7) is 7.44. The van der Waals surface area contributed by atoms with Gasteiger partial charge in [0.05, 0.1) is 0 Å². The summed E-state index contributed by atoms with van der Waals surface area (Å²) < 4.78 is 4.84. The average molecular weight is 367 g/mol. The molecule has 1 atom stereocenters. The number of ether oxygens (including phenoxy) is 1. The number of primary amides is 1. The molecule has 1 aliphatic heterocycles. The minimum atomic E-state index is -1.11. The maximum Gasteiger partial charge on any atom is 0.327 e. The van der Waals surface area contributed by atoms with Gasteiger partial charge in [0, 0.05) is 0 Å². The highest BCUT2D eigenvalue weighted by Gasteiger charge is 2.53. The molecule has 1 aliphatic carbocycles. The first kappa shape index (κ1) is 20.2. The summed E-state index contributed by atoms with van der Waals surface area (Å²) in [5.74, 6) is -1.52. The van der Waals surface area contributed by atoms with Crippen LogP contribution in [0.5, 0.6) is 0 Å². The topological polar surface area (TPSA) is 119 Å². The first-order chi connectivity index (χ1) is 12.0. The van der Waals surface area contributed by atoms with E-state index in [0.717, 1.165) is 24.2 Å². The van der Waals surface area contributed by atoms with Crippen molar-refractivity contribution in [1.29, 1.82) is 0 Å². The quantitative estimate of drug-likeness (QED) is 0.542. The molecule has 1 saturated heterocycles. The van der Waals surface area contributed by atoms with Crippen LogP contribution in [0.25, 0.3) is 0 Å². The number of nitrogens with zero attached hydrogens (tertiary/aromatic N) is 1. The number of nitrogens with two attached hydrogens (primary N) is 1. The van der Waals surface area contributed by atoms with E-state index in [0.29, 0.717) is 18.8 Å². The van der Waals surface area contributed by atoms with Crippen molar-refractivity contribution in [3.8, 4) is 0 Å². The Balaban J connectivity index is 2.01. The van der Waals surface area contributed by atoms with Gasteiger partial charge in [-0.05, 0) is 43.9 Å². The van der Waals surface area contributed by atoms with E-state index in [2.05, 4.69) is 26.1 Å². The molecule has 1 heterocycles. The lowest BCUT2D eigenvalue weighted by Crippen LogP contribution is -2.51. The summed E-state index contributed by atoms with van der Waals surface area (Å²) in [6.07, 6.45) is 2.78. The molecule has 0 aromatic rings. The Labute approximate surface area is 153 Å². The molecule has 26 heavy (non-hydrogen) atoms. The van der Waals surface area contributed by atoms with Gasteiger partial charge in [-0.3, -0.25) is 19.3 Å². The Kier molecular flexibility index (Phi) is 5.63. The van der Waals surface area contributed by atoms with Crippen LogP contribution in [0.3, 0.4) is 0 Å². The summed E-state index contributed by atoms with van der Waals surface area (Å²) >= 11 is 0. The second kappa shape index (κ2) is 7.25. The molecule has 4 amide bonds. The van der Waals surface area contributed by atoms with Crippen LogP contribution in [0, 0.1) is 11.3 Å². The van der Waals surface area contributed by atoms with Gasteiger partial charge < -0.3 is 15.8 Å². The summed E-state index contributed by atoms with van der Waals surface area (Å²) in [4.78, 5) is 48.8. The van der Waals surface area contributed by atoms with Crippen molar-refractivity contribution in [2.75, 3.05) is 6.54 Å². The lowest BCUT2D eigenvalue weighted by molar-refractivity contribution is -0.156. The van der Waals surface area contributed by atoms with Crippen LogP contribution in [0.2, 0.25) is 0 Å². The molecule has 0 radical (unpaired) electrons. The number of rotatable bonds is 6. The Morgan fingerprint density at radius 2 is 1.92 bits per heavy atom. The molecule has 0 aromatic heterocycles. The van der Waals surface area contributed by atoms with Crippen LogP contribution in [-0.2, 0) is 19.1 Å². The molecule has 0 bridgehead atoms. The van der Waals surface area contributed by atoms with Crippen molar-refractivity contribution in [3.63, 3.8) is 0 Å². The summed E-state index contributed by atoms with van der Waals surface area (Å²) in [6, 6.07) is -0.591. The third kappa shape index (κ3) is 3.83. The molecule has 8 heteroatoms. The van der Waals surface area contributed by atoms with E-state index in [-0.39, 0.29) is 11.3 Å². The fourth-order valence-electron chi connectivity index (χ4n) is 3.76. The van der Waals surface area contributed by atoms with Gasteiger partial charge in [-0.15, -0.1) is 0 Å². The van der Waals surface area contributed by atoms with Gasteiger partial charge in [0.2, 0.25) is 0 Å². The van der Waals surface area contributed by atoms with Crippen LogP contribution in [-0.4, -0.2) is 46.9 Å². The normalized spacial score (nSPS) is 27.4. The number of nitrogens with one attached hydrogen (secondary N) is 1. The smallest absolute Gasteiger partial charge is 0.327 e. The predicted octanol–water partition coefficient (Wildman–Crippen LogP) is 1.32. The second-order valence-corrected chi connectivity index (χ2v) is 8.05. The van der Waals surface area contributed by atoms with Gasteiger partial charge in [-0.1, -0.05) is 27.2 Å². The van der Waals surface area contributed by atoms with Crippen molar-refractivity contribution < 1.29 is 23.9 Å². The number of esters is 1. The van der Waals surface area contributed by atoms with E-state index in [1.807, 2.05) is 0 Å². The molecule has 2 rings (SSSR count). The number of urea groups is 1. The van der Waals surface area contributed by atoms with Crippen LogP contribution in [0.1, 0.15) is 59.8 Å². The van der Waals surface area contributed by atoms with Gasteiger partial charge >= 0.3 is 12.0 Å². The average Bonchev–Trinajstić information content (AvgIpc) is 2.79. The van der Waals surface area contributed by atoms with E-state index < -0.39 is 36.1 Å². The predicted molar refractivity (Wildman–Crippen MR) is 93.8 cm³/mol. The molecule has 1 saturated carbocycles. The van der Waals surface area contributed by atoms with Gasteiger partial charge in [0.1, 0.15) is 12.1 Å². The molecular formula is C18H29N3O5. The van der Waals surface area contributed by atoms with E-state index >= 15 is 0 Å². The highest BCUT2D eigenvalue weighted by molar-refractivity contribution is 6.08. The Morgan fingerprint density at radius 3 is 2.42 bits per heavy atom. The standard InChI is InChI=1S/C18H29N3O5/c1-5-17(3,4)12-6-8-18(9-7-12)15(24)21(16(25)20-18)10-13(22)26-11(2)14(19)23/h11-12H,5-10H2,1-4H3,(H2,19,23)(H,20,25). The highest BCUT2D eigenvalue weighted by Crippen LogP contribution is 2.45. The Morgan fingerprint density at radius 1 is 1.35 bits per heavy atom. The fraction of sp³-hybridized carbons (Fsp3) is 0.778. The summed E-state index contributed by atoms with van der Waals surface area (Å²) in [7, 11) is 0. The van der Waals surface area contributed by atoms with Crippen molar-refractivity contribution in [3.05, 3.63) is 0 Å². The van der Waals surface area contributed by atoms with E-state index in [4.69, 9.17) is 10.5 Å². The molecule has 2 fully saturated rings. The van der Waals surface area contributed by atoms with Crippen molar-refractivity contribution in [2.45, 2.75) is 71.4 Å². The zero-order valence-corrected chi connectivity index (χ0v) is 16.0. The fourth-order valence-corrected chi connectivity index (χ4v) is 3.76. The molecule has 3 N–H and O–H groups in total. The zero-order valence-electron chi connectivity index (χ0n) is 16.0. The van der Waals surface area contributed by atoms with Crippen LogP contribution in [0.4, 0.5) is 4.79 Å². The summed E-state index contributed by atoms with van der Waals surface area (Å²) in [5.41, 5.74) is 4.31. The van der Waals surface area contributed by atoms with Crippen molar-refractivity contribution in [1.82, 2.24) is 10.2 Å². The maximum atomic E-state index is 12.8. The molecule has 1 unspecified atom stereocenters. The van der Waals surface area contributed by atoms with Gasteiger partial charge in [0.25, 0.3) is 11.8 Å². The molecular weight excluding hydrogens is 338 g/mol. The van der Waals surface area contributed by atoms with Gasteiger partial charge in [0.15, 0.2) is 6.10 Å². The number of imide groups is 1. The van der Waals surface area contributed by atoms with E-state index in [1.165, 1.54) is 6.92 Å².